The average molecular weight is 224 g/mol. The van der Waals surface area contributed by atoms with Crippen molar-refractivity contribution in [2.75, 3.05) is 7.05 Å². The Morgan fingerprint density at radius 3 is 2.33 bits per heavy atom. The van der Waals surface area contributed by atoms with Crippen LogP contribution in [0, 0.1) is 0 Å². The predicted molar refractivity (Wildman–Crippen MR) is 70.5 cm³/mol. The summed E-state index contributed by atoms with van der Waals surface area (Å²) < 4.78 is 1.30. The van der Waals surface area contributed by atoms with Crippen LogP contribution < -0.4 is 5.73 Å². The first-order valence-corrected chi connectivity index (χ1v) is 6.14. The van der Waals surface area contributed by atoms with Gasteiger partial charge in [-0.05, 0) is 25.6 Å². The molecule has 2 N–H and O–H groups in total. The first-order valence-electron chi connectivity index (χ1n) is 5.32. The number of hydrogen-bond donors (Lipinski definition) is 1. The SMILES string of the molecule is CC.CCc1nc2ccccc2s1.CN. The summed E-state index contributed by atoms with van der Waals surface area (Å²) in [6.45, 7) is 6.14. The van der Waals surface area contributed by atoms with E-state index in [0.717, 1.165) is 11.9 Å². The standard InChI is InChI=1S/C9H9NS.C2H6.CH5N/c1-2-9-10-7-5-3-4-6-8(7)11-9;2*1-2/h3-6H,2H2,1H3;1-2H3;2H2,1H3. The molecule has 1 aromatic carbocycles. The number of fused-ring (bicyclic) bond motifs is 1. The fourth-order valence-electron chi connectivity index (χ4n) is 1.07. The second kappa shape index (κ2) is 8.38. The fourth-order valence-corrected chi connectivity index (χ4v) is 1.98. The molecule has 0 atom stereocenters. The van der Waals surface area contributed by atoms with Gasteiger partial charge in [0.05, 0.1) is 15.2 Å². The number of benzene rings is 1. The summed E-state index contributed by atoms with van der Waals surface area (Å²) in [6, 6.07) is 8.26. The molecule has 0 spiro atoms. The third-order valence-corrected chi connectivity index (χ3v) is 2.82. The first-order chi connectivity index (χ1) is 7.40. The monoisotopic (exact) mass is 224 g/mol. The molecule has 2 rings (SSSR count). The summed E-state index contributed by atoms with van der Waals surface area (Å²) in [7, 11) is 1.50. The van der Waals surface area contributed by atoms with Crippen molar-refractivity contribution in [1.82, 2.24) is 4.98 Å². The molecule has 0 radical (unpaired) electrons. The summed E-state index contributed by atoms with van der Waals surface area (Å²) in [5, 5.41) is 1.23. The second-order valence-corrected chi connectivity index (χ2v) is 3.54. The van der Waals surface area contributed by atoms with E-state index in [1.807, 2.05) is 19.9 Å². The quantitative estimate of drug-likeness (QED) is 0.805. The molecule has 84 valence electrons. The van der Waals surface area contributed by atoms with Crippen LogP contribution in [0.15, 0.2) is 24.3 Å². The maximum atomic E-state index is 4.50. The third-order valence-electron chi connectivity index (χ3n) is 1.64. The van der Waals surface area contributed by atoms with Gasteiger partial charge in [0.2, 0.25) is 0 Å². The zero-order valence-corrected chi connectivity index (χ0v) is 10.8. The summed E-state index contributed by atoms with van der Waals surface area (Å²) in [5.41, 5.74) is 5.63. The molecule has 2 aromatic rings. The van der Waals surface area contributed by atoms with Gasteiger partial charge >= 0.3 is 0 Å². The lowest BCUT2D eigenvalue weighted by atomic mass is 10.3. The van der Waals surface area contributed by atoms with E-state index < -0.39 is 0 Å². The smallest absolute Gasteiger partial charge is 0.0935 e. The van der Waals surface area contributed by atoms with E-state index in [1.54, 1.807) is 11.3 Å². The van der Waals surface area contributed by atoms with E-state index in [1.165, 1.54) is 16.8 Å². The van der Waals surface area contributed by atoms with Gasteiger partial charge in [-0.25, -0.2) is 4.98 Å². The van der Waals surface area contributed by atoms with Crippen LogP contribution in [-0.2, 0) is 6.42 Å². The van der Waals surface area contributed by atoms with Crippen molar-refractivity contribution in [1.29, 1.82) is 0 Å². The van der Waals surface area contributed by atoms with Crippen molar-refractivity contribution in [3.63, 3.8) is 0 Å². The van der Waals surface area contributed by atoms with E-state index in [4.69, 9.17) is 0 Å². The van der Waals surface area contributed by atoms with Crippen molar-refractivity contribution >= 4 is 21.6 Å². The number of aromatic nitrogens is 1. The van der Waals surface area contributed by atoms with Crippen molar-refractivity contribution < 1.29 is 0 Å². The van der Waals surface area contributed by atoms with Gasteiger partial charge in [0, 0.05) is 0 Å². The van der Waals surface area contributed by atoms with Crippen LogP contribution in [-0.4, -0.2) is 12.0 Å². The first kappa shape index (κ1) is 14.1. The average Bonchev–Trinajstić information content (AvgIpc) is 2.77. The van der Waals surface area contributed by atoms with Gasteiger partial charge in [-0.2, -0.15) is 0 Å². The van der Waals surface area contributed by atoms with Crippen LogP contribution in [0.3, 0.4) is 0 Å². The number of nitrogens with two attached hydrogens (primary N) is 1. The highest BCUT2D eigenvalue weighted by atomic mass is 32.1. The van der Waals surface area contributed by atoms with Crippen molar-refractivity contribution in [3.05, 3.63) is 29.3 Å². The van der Waals surface area contributed by atoms with E-state index in [2.05, 4.69) is 35.8 Å². The maximum Gasteiger partial charge on any atom is 0.0935 e. The Labute approximate surface area is 96.1 Å². The predicted octanol–water partition coefficient (Wildman–Crippen LogP) is 3.46. The molecule has 0 unspecified atom stereocenters. The Hall–Kier alpha value is -0.930. The maximum absolute atomic E-state index is 4.50. The number of aryl methyl sites for hydroxylation is 1. The minimum Gasteiger partial charge on any atom is -0.333 e. The van der Waals surface area contributed by atoms with Crippen molar-refractivity contribution in [2.24, 2.45) is 5.73 Å². The van der Waals surface area contributed by atoms with E-state index in [9.17, 15) is 0 Å². The summed E-state index contributed by atoms with van der Waals surface area (Å²) >= 11 is 1.79. The van der Waals surface area contributed by atoms with E-state index in [-0.39, 0.29) is 0 Å². The molecule has 2 nitrogen and oxygen atoms in total. The molecule has 15 heavy (non-hydrogen) atoms. The number of hydrogen-bond acceptors (Lipinski definition) is 3. The molecular weight excluding hydrogens is 204 g/mol. The van der Waals surface area contributed by atoms with Crippen LogP contribution in [0.1, 0.15) is 25.8 Å². The molecule has 0 bridgehead atoms. The number of nitrogens with zero attached hydrogens (tertiary/aromatic N) is 1. The highest BCUT2D eigenvalue weighted by molar-refractivity contribution is 7.18. The number of rotatable bonds is 1. The minimum atomic E-state index is 1.04. The topological polar surface area (TPSA) is 38.9 Å². The third kappa shape index (κ3) is 3.98. The Morgan fingerprint density at radius 2 is 1.80 bits per heavy atom. The van der Waals surface area contributed by atoms with Gasteiger partial charge in [-0.15, -0.1) is 11.3 Å². The summed E-state index contributed by atoms with van der Waals surface area (Å²) in [6.07, 6.45) is 1.04. The largest absolute Gasteiger partial charge is 0.333 e. The molecule has 0 saturated heterocycles. The molecule has 1 heterocycles. The zero-order valence-electron chi connectivity index (χ0n) is 9.95. The molecule has 0 aliphatic rings. The van der Waals surface area contributed by atoms with Crippen LogP contribution >= 0.6 is 11.3 Å². The molecule has 0 saturated carbocycles. The molecule has 0 fully saturated rings. The van der Waals surface area contributed by atoms with Crippen LogP contribution in [0.4, 0.5) is 0 Å². The van der Waals surface area contributed by atoms with Crippen molar-refractivity contribution in [3.8, 4) is 0 Å². The van der Waals surface area contributed by atoms with Crippen LogP contribution in [0.2, 0.25) is 0 Å². The highest BCUT2D eigenvalue weighted by Gasteiger charge is 1.98. The number of thiazole rings is 1. The lowest BCUT2D eigenvalue weighted by Crippen LogP contribution is -1.73. The van der Waals surface area contributed by atoms with Crippen LogP contribution in [0.5, 0.6) is 0 Å². The van der Waals surface area contributed by atoms with Crippen molar-refractivity contribution in [2.45, 2.75) is 27.2 Å². The molecular formula is C12H20N2S. The van der Waals surface area contributed by atoms with Crippen LogP contribution in [0.25, 0.3) is 10.2 Å². The number of para-hydroxylation sites is 1. The molecule has 1 aromatic heterocycles. The van der Waals surface area contributed by atoms with Gasteiger partial charge in [-0.1, -0.05) is 32.9 Å². The van der Waals surface area contributed by atoms with Gasteiger partial charge in [0.15, 0.2) is 0 Å². The molecule has 3 heteroatoms. The van der Waals surface area contributed by atoms with Gasteiger partial charge < -0.3 is 5.73 Å². The van der Waals surface area contributed by atoms with E-state index >= 15 is 0 Å². The Balaban J connectivity index is 0.000000442. The lowest BCUT2D eigenvalue weighted by Gasteiger charge is -1.80. The Morgan fingerprint density at radius 1 is 1.20 bits per heavy atom. The van der Waals surface area contributed by atoms with Gasteiger partial charge in [-0.3, -0.25) is 0 Å². The Bertz CT molecular complexity index is 335. The second-order valence-electron chi connectivity index (χ2n) is 2.43. The zero-order chi connectivity index (χ0) is 11.7. The fraction of sp³-hybridized carbons (Fsp3) is 0.417. The summed E-state index contributed by atoms with van der Waals surface area (Å²) in [4.78, 5) is 4.45. The molecule has 0 amide bonds. The molecule has 0 aliphatic carbocycles. The minimum absolute atomic E-state index is 1.04. The van der Waals surface area contributed by atoms with E-state index in [0.29, 0.717) is 0 Å². The molecule has 0 aliphatic heterocycles. The lowest BCUT2D eigenvalue weighted by molar-refractivity contribution is 1.11. The Kier molecular flexibility index (Phi) is 7.86. The summed E-state index contributed by atoms with van der Waals surface area (Å²) in [5.74, 6) is 0. The van der Waals surface area contributed by atoms with Gasteiger partial charge in [0.1, 0.15) is 0 Å². The normalized spacial score (nSPS) is 8.60. The van der Waals surface area contributed by atoms with Gasteiger partial charge in [0.25, 0.3) is 0 Å². The highest BCUT2D eigenvalue weighted by Crippen LogP contribution is 2.21.